The molecule has 0 saturated carbocycles. The highest BCUT2D eigenvalue weighted by Gasteiger charge is 2.10. The minimum atomic E-state index is 0.0985. The van der Waals surface area contributed by atoms with E-state index in [0.717, 1.165) is 29.9 Å². The second-order valence-corrected chi connectivity index (χ2v) is 5.21. The molecular formula is C18H23NO2. The fourth-order valence-corrected chi connectivity index (χ4v) is 2.30. The first-order valence-electron chi connectivity index (χ1n) is 7.66. The largest absolute Gasteiger partial charge is 0.461 e. The molecular weight excluding hydrogens is 262 g/mol. The average molecular weight is 285 g/mol. The highest BCUT2D eigenvalue weighted by atomic mass is 16.3. The number of aryl methyl sites for hydroxylation is 1. The topological polar surface area (TPSA) is 42.2 Å². The van der Waals surface area contributed by atoms with Gasteiger partial charge in [0.05, 0.1) is 0 Å². The van der Waals surface area contributed by atoms with E-state index >= 15 is 0 Å². The van der Waals surface area contributed by atoms with Gasteiger partial charge < -0.3 is 9.73 Å². The van der Waals surface area contributed by atoms with Gasteiger partial charge in [0, 0.05) is 24.4 Å². The number of nitrogens with one attached hydrogen (secondary N) is 1. The molecule has 1 aromatic heterocycles. The molecule has 0 radical (unpaired) electrons. The van der Waals surface area contributed by atoms with Crippen molar-refractivity contribution >= 4 is 5.91 Å². The van der Waals surface area contributed by atoms with Gasteiger partial charge in [-0.3, -0.25) is 4.79 Å². The molecule has 3 nitrogen and oxygen atoms in total. The zero-order valence-corrected chi connectivity index (χ0v) is 12.8. The van der Waals surface area contributed by atoms with Crippen LogP contribution < -0.4 is 5.32 Å². The summed E-state index contributed by atoms with van der Waals surface area (Å²) in [7, 11) is 0. The lowest BCUT2D eigenvalue weighted by molar-refractivity contribution is -0.121. The summed E-state index contributed by atoms with van der Waals surface area (Å²) in [6.07, 6.45) is 3.05. The Morgan fingerprint density at radius 3 is 2.48 bits per heavy atom. The molecule has 0 atom stereocenters. The molecule has 0 spiro atoms. The van der Waals surface area contributed by atoms with E-state index in [1.165, 1.54) is 0 Å². The second-order valence-electron chi connectivity index (χ2n) is 5.21. The van der Waals surface area contributed by atoms with Gasteiger partial charge in [-0.25, -0.2) is 0 Å². The minimum absolute atomic E-state index is 0.0985. The van der Waals surface area contributed by atoms with E-state index in [0.29, 0.717) is 12.8 Å². The highest BCUT2D eigenvalue weighted by molar-refractivity contribution is 5.76. The Labute approximate surface area is 126 Å². The molecule has 3 heteroatoms. The molecule has 0 unspecified atom stereocenters. The number of benzene rings is 1. The Morgan fingerprint density at radius 2 is 1.81 bits per heavy atom. The zero-order valence-electron chi connectivity index (χ0n) is 12.8. The summed E-state index contributed by atoms with van der Waals surface area (Å²) < 4.78 is 5.80. The van der Waals surface area contributed by atoms with Gasteiger partial charge in [0.2, 0.25) is 5.91 Å². The highest BCUT2D eigenvalue weighted by Crippen LogP contribution is 2.22. The van der Waals surface area contributed by atoms with E-state index in [1.807, 2.05) is 42.5 Å². The Kier molecular flexibility index (Phi) is 5.61. The molecule has 0 bridgehead atoms. The Bertz CT molecular complexity index is 556. The van der Waals surface area contributed by atoms with Crippen LogP contribution in [-0.4, -0.2) is 11.9 Å². The molecule has 21 heavy (non-hydrogen) atoms. The van der Waals surface area contributed by atoms with Gasteiger partial charge in [0.25, 0.3) is 0 Å². The van der Waals surface area contributed by atoms with E-state index < -0.39 is 0 Å². The Morgan fingerprint density at radius 1 is 1.10 bits per heavy atom. The first-order valence-corrected chi connectivity index (χ1v) is 7.66. The van der Waals surface area contributed by atoms with Crippen LogP contribution in [0, 0.1) is 0 Å². The number of furan rings is 1. The molecule has 1 amide bonds. The van der Waals surface area contributed by atoms with Crippen molar-refractivity contribution in [3.05, 3.63) is 48.2 Å². The van der Waals surface area contributed by atoms with E-state index in [9.17, 15) is 4.79 Å². The van der Waals surface area contributed by atoms with Gasteiger partial charge in [0.1, 0.15) is 11.5 Å². The third-order valence-electron chi connectivity index (χ3n) is 3.67. The molecule has 2 rings (SSSR count). The molecule has 2 aromatic rings. The van der Waals surface area contributed by atoms with Crippen molar-refractivity contribution in [3.63, 3.8) is 0 Å². The molecule has 0 aliphatic rings. The molecule has 1 N–H and O–H groups in total. The summed E-state index contributed by atoms with van der Waals surface area (Å²) in [4.78, 5) is 11.9. The van der Waals surface area contributed by atoms with Crippen molar-refractivity contribution < 1.29 is 9.21 Å². The van der Waals surface area contributed by atoms with Gasteiger partial charge in [-0.05, 0) is 25.0 Å². The Hall–Kier alpha value is -2.03. The van der Waals surface area contributed by atoms with E-state index in [-0.39, 0.29) is 11.9 Å². The van der Waals surface area contributed by atoms with Gasteiger partial charge >= 0.3 is 0 Å². The van der Waals surface area contributed by atoms with Crippen LogP contribution in [0.1, 0.15) is 38.9 Å². The molecule has 0 aliphatic heterocycles. The summed E-state index contributed by atoms with van der Waals surface area (Å²) >= 11 is 0. The van der Waals surface area contributed by atoms with E-state index in [2.05, 4.69) is 19.2 Å². The number of hydrogen-bond donors (Lipinski definition) is 1. The van der Waals surface area contributed by atoms with Crippen LogP contribution >= 0.6 is 0 Å². The van der Waals surface area contributed by atoms with Crippen LogP contribution in [-0.2, 0) is 11.2 Å². The van der Waals surface area contributed by atoms with Crippen LogP contribution in [0.25, 0.3) is 11.3 Å². The summed E-state index contributed by atoms with van der Waals surface area (Å²) in [6, 6.07) is 14.2. The fourth-order valence-electron chi connectivity index (χ4n) is 2.30. The third kappa shape index (κ3) is 4.48. The van der Waals surface area contributed by atoms with Gasteiger partial charge in [0.15, 0.2) is 0 Å². The number of carbonyl (C=O) groups excluding carboxylic acids is 1. The summed E-state index contributed by atoms with van der Waals surface area (Å²) in [6.45, 7) is 4.18. The number of amides is 1. The first kappa shape index (κ1) is 15.4. The van der Waals surface area contributed by atoms with Gasteiger partial charge in [-0.1, -0.05) is 44.2 Å². The smallest absolute Gasteiger partial charge is 0.220 e. The quantitative estimate of drug-likeness (QED) is 0.829. The second kappa shape index (κ2) is 7.67. The van der Waals surface area contributed by atoms with Crippen LogP contribution in [0.4, 0.5) is 0 Å². The van der Waals surface area contributed by atoms with E-state index in [1.54, 1.807) is 0 Å². The van der Waals surface area contributed by atoms with Crippen molar-refractivity contribution in [2.24, 2.45) is 0 Å². The molecule has 112 valence electrons. The Balaban J connectivity index is 1.87. The monoisotopic (exact) mass is 285 g/mol. The molecule has 0 saturated heterocycles. The van der Waals surface area contributed by atoms with Gasteiger partial charge in [-0.15, -0.1) is 0 Å². The maximum absolute atomic E-state index is 11.9. The number of rotatable bonds is 7. The standard InChI is InChI=1S/C18H23NO2/c1-3-15(4-2)19-18(20)13-11-16-10-12-17(21-16)14-8-6-5-7-9-14/h5-10,12,15H,3-4,11,13H2,1-2H3,(H,19,20). The lowest BCUT2D eigenvalue weighted by Gasteiger charge is -2.14. The zero-order chi connectivity index (χ0) is 15.1. The van der Waals surface area contributed by atoms with Gasteiger partial charge in [-0.2, -0.15) is 0 Å². The van der Waals surface area contributed by atoms with Crippen LogP contribution in [0.5, 0.6) is 0 Å². The van der Waals surface area contributed by atoms with Crippen molar-refractivity contribution in [3.8, 4) is 11.3 Å². The fraction of sp³-hybridized carbons (Fsp3) is 0.389. The van der Waals surface area contributed by atoms with E-state index in [4.69, 9.17) is 4.42 Å². The van der Waals surface area contributed by atoms with Crippen molar-refractivity contribution in [1.29, 1.82) is 0 Å². The number of carbonyl (C=O) groups is 1. The number of hydrogen-bond acceptors (Lipinski definition) is 2. The summed E-state index contributed by atoms with van der Waals surface area (Å²) in [5.41, 5.74) is 1.06. The molecule has 0 aliphatic carbocycles. The lowest BCUT2D eigenvalue weighted by Crippen LogP contribution is -2.33. The van der Waals surface area contributed by atoms with Crippen molar-refractivity contribution in [2.75, 3.05) is 0 Å². The maximum Gasteiger partial charge on any atom is 0.220 e. The molecule has 1 aromatic carbocycles. The maximum atomic E-state index is 11.9. The minimum Gasteiger partial charge on any atom is -0.461 e. The average Bonchev–Trinajstić information content (AvgIpc) is 3.00. The van der Waals surface area contributed by atoms with Crippen molar-refractivity contribution in [1.82, 2.24) is 5.32 Å². The van der Waals surface area contributed by atoms with Crippen LogP contribution in [0.15, 0.2) is 46.9 Å². The lowest BCUT2D eigenvalue weighted by atomic mass is 10.1. The van der Waals surface area contributed by atoms with Crippen LogP contribution in [0.2, 0.25) is 0 Å². The van der Waals surface area contributed by atoms with Crippen LogP contribution in [0.3, 0.4) is 0 Å². The molecule has 0 fully saturated rings. The summed E-state index contributed by atoms with van der Waals surface area (Å²) in [5.74, 6) is 1.81. The predicted octanol–water partition coefficient (Wildman–Crippen LogP) is 4.18. The summed E-state index contributed by atoms with van der Waals surface area (Å²) in [5, 5.41) is 3.04. The SMILES string of the molecule is CCC(CC)NC(=O)CCc1ccc(-c2ccccc2)o1. The predicted molar refractivity (Wildman–Crippen MR) is 85.0 cm³/mol. The normalized spacial score (nSPS) is 10.8. The van der Waals surface area contributed by atoms with Crippen molar-refractivity contribution in [2.45, 2.75) is 45.6 Å². The molecule has 1 heterocycles. The first-order chi connectivity index (χ1) is 10.2. The third-order valence-corrected chi connectivity index (χ3v) is 3.67.